The Labute approximate surface area is 140 Å². The first-order valence-corrected chi connectivity index (χ1v) is 8.77. The molecule has 0 radical (unpaired) electrons. The Morgan fingerprint density at radius 1 is 1.17 bits per heavy atom. The van der Waals surface area contributed by atoms with E-state index in [1.807, 2.05) is 25.2 Å². The fourth-order valence-corrected chi connectivity index (χ4v) is 3.55. The highest BCUT2D eigenvalue weighted by atomic mass is 16.1. The van der Waals surface area contributed by atoms with Gasteiger partial charge in [-0.1, -0.05) is 37.5 Å². The topological polar surface area (TPSA) is 44.4 Å². The van der Waals surface area contributed by atoms with Crippen LogP contribution in [0.25, 0.3) is 0 Å². The van der Waals surface area contributed by atoms with Gasteiger partial charge in [-0.15, -0.1) is 0 Å². The Balaban J connectivity index is 2.04. The van der Waals surface area contributed by atoms with Gasteiger partial charge in [-0.2, -0.15) is 0 Å². The Morgan fingerprint density at radius 3 is 2.52 bits per heavy atom. The lowest BCUT2D eigenvalue weighted by Gasteiger charge is -2.43. The second kappa shape index (κ2) is 8.46. The fraction of sp³-hybridized carbons (Fsp3) is 0.632. The molecule has 0 spiro atoms. The Hall–Kier alpha value is -1.39. The summed E-state index contributed by atoms with van der Waals surface area (Å²) in [5, 5.41) is 6.36. The van der Waals surface area contributed by atoms with Crippen LogP contribution in [0.5, 0.6) is 0 Å². The number of amides is 1. The molecule has 4 heteroatoms. The number of nitrogens with zero attached hydrogens (tertiary/aromatic N) is 1. The Morgan fingerprint density at radius 2 is 1.87 bits per heavy atom. The van der Waals surface area contributed by atoms with Gasteiger partial charge in [0.1, 0.15) is 0 Å². The van der Waals surface area contributed by atoms with Crippen LogP contribution < -0.4 is 10.6 Å². The molecule has 23 heavy (non-hydrogen) atoms. The summed E-state index contributed by atoms with van der Waals surface area (Å²) in [5.41, 5.74) is 2.04. The van der Waals surface area contributed by atoms with E-state index >= 15 is 0 Å². The summed E-state index contributed by atoms with van der Waals surface area (Å²) in [7, 11) is 6.21. The van der Waals surface area contributed by atoms with E-state index in [0.29, 0.717) is 0 Å². The first-order chi connectivity index (χ1) is 11.1. The number of rotatable bonds is 7. The molecule has 0 heterocycles. The number of hydrogen-bond acceptors (Lipinski definition) is 3. The van der Waals surface area contributed by atoms with E-state index in [1.54, 1.807) is 0 Å². The molecule has 4 nitrogen and oxygen atoms in total. The maximum Gasteiger partial charge on any atom is 0.251 e. The summed E-state index contributed by atoms with van der Waals surface area (Å²) in [4.78, 5) is 15.0. The molecule has 0 bridgehead atoms. The normalized spacial score (nSPS) is 17.2. The monoisotopic (exact) mass is 317 g/mol. The van der Waals surface area contributed by atoms with Crippen molar-refractivity contribution in [2.75, 3.05) is 34.2 Å². The van der Waals surface area contributed by atoms with Crippen LogP contribution >= 0.6 is 0 Å². The molecule has 2 N–H and O–H groups in total. The number of hydrogen-bond donors (Lipinski definition) is 2. The third-order valence-corrected chi connectivity index (χ3v) is 5.22. The second-order valence-electron chi connectivity index (χ2n) is 6.87. The summed E-state index contributed by atoms with van der Waals surface area (Å²) < 4.78 is 0. The van der Waals surface area contributed by atoms with E-state index in [-0.39, 0.29) is 11.4 Å². The van der Waals surface area contributed by atoms with Crippen LogP contribution in [0.2, 0.25) is 0 Å². The van der Waals surface area contributed by atoms with Crippen molar-refractivity contribution >= 4 is 5.91 Å². The van der Waals surface area contributed by atoms with Crippen LogP contribution in [0.1, 0.15) is 48.0 Å². The molecule has 2 rings (SSSR count). The number of likely N-dealkylation sites (N-methyl/N-ethyl adjacent to an activating group) is 2. The molecule has 1 amide bonds. The maximum absolute atomic E-state index is 12.7. The first kappa shape index (κ1) is 18.0. The number of benzene rings is 1. The summed E-state index contributed by atoms with van der Waals surface area (Å²) in [6, 6.07) is 7.93. The molecular weight excluding hydrogens is 286 g/mol. The van der Waals surface area contributed by atoms with Crippen LogP contribution in [0.4, 0.5) is 0 Å². The smallest absolute Gasteiger partial charge is 0.251 e. The average molecular weight is 317 g/mol. The van der Waals surface area contributed by atoms with Gasteiger partial charge in [0.2, 0.25) is 0 Å². The molecule has 1 aliphatic rings. The lowest BCUT2D eigenvalue weighted by atomic mass is 9.80. The predicted molar refractivity (Wildman–Crippen MR) is 95.9 cm³/mol. The zero-order chi connectivity index (χ0) is 16.7. The SMILES string of the molecule is CNCCc1ccccc1C(=O)NCC1(N(C)C)CCCCC1. The van der Waals surface area contributed by atoms with Crippen LogP contribution in [0.3, 0.4) is 0 Å². The van der Waals surface area contributed by atoms with Crippen LogP contribution in [0, 0.1) is 0 Å². The standard InChI is InChI=1S/C19H31N3O/c1-20-14-11-16-9-5-6-10-17(16)18(23)21-15-19(22(2)3)12-7-4-8-13-19/h5-6,9-10,20H,4,7-8,11-15H2,1-3H3,(H,21,23). The highest BCUT2D eigenvalue weighted by Gasteiger charge is 2.34. The van der Waals surface area contributed by atoms with Crippen LogP contribution in [-0.4, -0.2) is 50.6 Å². The molecule has 1 aromatic carbocycles. The van der Waals surface area contributed by atoms with Crippen LogP contribution in [0.15, 0.2) is 24.3 Å². The summed E-state index contributed by atoms with van der Waals surface area (Å²) in [6.45, 7) is 1.62. The predicted octanol–water partition coefficient (Wildman–Crippen LogP) is 2.44. The molecule has 0 atom stereocenters. The van der Waals surface area contributed by atoms with Gasteiger partial charge in [-0.25, -0.2) is 0 Å². The van der Waals surface area contributed by atoms with E-state index in [9.17, 15) is 4.79 Å². The third-order valence-electron chi connectivity index (χ3n) is 5.22. The highest BCUT2D eigenvalue weighted by molar-refractivity contribution is 5.95. The van der Waals surface area contributed by atoms with Gasteiger partial charge in [0.15, 0.2) is 0 Å². The molecule has 1 aliphatic carbocycles. The van der Waals surface area contributed by atoms with E-state index in [2.05, 4.69) is 35.7 Å². The van der Waals surface area contributed by atoms with Gasteiger partial charge in [0.05, 0.1) is 0 Å². The molecule has 1 saturated carbocycles. The van der Waals surface area contributed by atoms with Crippen molar-refractivity contribution in [1.29, 1.82) is 0 Å². The van der Waals surface area contributed by atoms with Crippen molar-refractivity contribution in [2.45, 2.75) is 44.1 Å². The molecule has 0 saturated heterocycles. The minimum atomic E-state index is 0.0588. The Bertz CT molecular complexity index is 507. The molecule has 0 aliphatic heterocycles. The van der Waals surface area contributed by atoms with E-state index in [4.69, 9.17) is 0 Å². The van der Waals surface area contributed by atoms with Gasteiger partial charge in [0.25, 0.3) is 5.91 Å². The molecule has 0 aromatic heterocycles. The highest BCUT2D eigenvalue weighted by Crippen LogP contribution is 2.31. The summed E-state index contributed by atoms with van der Waals surface area (Å²) >= 11 is 0. The van der Waals surface area contributed by atoms with Crippen molar-refractivity contribution in [1.82, 2.24) is 15.5 Å². The maximum atomic E-state index is 12.7. The van der Waals surface area contributed by atoms with Crippen molar-refractivity contribution in [3.63, 3.8) is 0 Å². The van der Waals surface area contributed by atoms with Gasteiger partial charge >= 0.3 is 0 Å². The lowest BCUT2D eigenvalue weighted by Crippen LogP contribution is -2.53. The number of carbonyl (C=O) groups excluding carboxylic acids is 1. The largest absolute Gasteiger partial charge is 0.350 e. The molecule has 128 valence electrons. The van der Waals surface area contributed by atoms with Gasteiger partial charge in [0, 0.05) is 17.6 Å². The molecule has 1 aromatic rings. The lowest BCUT2D eigenvalue weighted by molar-refractivity contribution is 0.0799. The van der Waals surface area contributed by atoms with Gasteiger partial charge in [-0.05, 0) is 58.6 Å². The minimum absolute atomic E-state index is 0.0588. The first-order valence-electron chi connectivity index (χ1n) is 8.77. The zero-order valence-electron chi connectivity index (χ0n) is 14.8. The van der Waals surface area contributed by atoms with E-state index in [1.165, 1.54) is 32.1 Å². The van der Waals surface area contributed by atoms with Crippen molar-refractivity contribution in [3.8, 4) is 0 Å². The minimum Gasteiger partial charge on any atom is -0.350 e. The quantitative estimate of drug-likeness (QED) is 0.812. The van der Waals surface area contributed by atoms with Crippen molar-refractivity contribution in [2.24, 2.45) is 0 Å². The number of nitrogens with one attached hydrogen (secondary N) is 2. The summed E-state index contributed by atoms with van der Waals surface area (Å²) in [6.07, 6.45) is 7.04. The van der Waals surface area contributed by atoms with Gasteiger partial charge in [-0.3, -0.25) is 4.79 Å². The zero-order valence-corrected chi connectivity index (χ0v) is 14.8. The van der Waals surface area contributed by atoms with E-state index < -0.39 is 0 Å². The molecule has 1 fully saturated rings. The van der Waals surface area contributed by atoms with Crippen molar-refractivity contribution < 1.29 is 4.79 Å². The van der Waals surface area contributed by atoms with Gasteiger partial charge < -0.3 is 15.5 Å². The van der Waals surface area contributed by atoms with Crippen LogP contribution in [-0.2, 0) is 6.42 Å². The summed E-state index contributed by atoms with van der Waals surface area (Å²) in [5.74, 6) is 0.0588. The third kappa shape index (κ3) is 4.55. The average Bonchev–Trinajstić information content (AvgIpc) is 2.58. The van der Waals surface area contributed by atoms with E-state index in [0.717, 1.165) is 30.6 Å². The molecule has 0 unspecified atom stereocenters. The molecular formula is C19H31N3O. The van der Waals surface area contributed by atoms with Crippen molar-refractivity contribution in [3.05, 3.63) is 35.4 Å². The Kier molecular flexibility index (Phi) is 6.60. The number of carbonyl (C=O) groups is 1. The fourth-order valence-electron chi connectivity index (χ4n) is 3.55. The second-order valence-corrected chi connectivity index (χ2v) is 6.87.